The minimum absolute atomic E-state index is 0.417. The van der Waals surface area contributed by atoms with Crippen molar-refractivity contribution in [2.45, 2.75) is 52.5 Å². The van der Waals surface area contributed by atoms with Crippen LogP contribution in [0.1, 0.15) is 46.5 Å². The van der Waals surface area contributed by atoms with Crippen LogP contribution in [-0.4, -0.2) is 6.04 Å². The van der Waals surface area contributed by atoms with Crippen molar-refractivity contribution in [2.24, 2.45) is 17.1 Å². The van der Waals surface area contributed by atoms with Crippen molar-refractivity contribution >= 4 is 0 Å². The van der Waals surface area contributed by atoms with Gasteiger partial charge in [-0.15, -0.1) is 0 Å². The van der Waals surface area contributed by atoms with Gasteiger partial charge in [-0.1, -0.05) is 33.6 Å². The van der Waals surface area contributed by atoms with Crippen LogP contribution in [-0.2, 0) is 0 Å². The summed E-state index contributed by atoms with van der Waals surface area (Å²) in [5.74, 6) is 0.747. The highest BCUT2D eigenvalue weighted by Crippen LogP contribution is 2.36. The molecule has 0 bridgehead atoms. The molecule has 1 aliphatic carbocycles. The predicted octanol–water partition coefficient (Wildman–Crippen LogP) is 2.55. The van der Waals surface area contributed by atoms with Gasteiger partial charge in [0, 0.05) is 6.04 Å². The van der Waals surface area contributed by atoms with Gasteiger partial charge in [-0.05, 0) is 24.2 Å². The van der Waals surface area contributed by atoms with Crippen LogP contribution in [0.3, 0.4) is 0 Å². The number of hydrogen-bond donors (Lipinski definition) is 1. The summed E-state index contributed by atoms with van der Waals surface area (Å²) in [5, 5.41) is 0. The summed E-state index contributed by atoms with van der Waals surface area (Å²) in [5.41, 5.74) is 6.48. The van der Waals surface area contributed by atoms with Crippen molar-refractivity contribution in [3.05, 3.63) is 0 Å². The maximum Gasteiger partial charge on any atom is 0.00721 e. The molecule has 1 nitrogen and oxygen atoms in total. The first-order chi connectivity index (χ1) is 5.02. The normalized spacial score (nSPS) is 33.8. The van der Waals surface area contributed by atoms with Crippen molar-refractivity contribution in [1.29, 1.82) is 0 Å². The number of hydrogen-bond acceptors (Lipinski definition) is 1. The first-order valence-electron chi connectivity index (χ1n) is 4.77. The molecule has 0 aromatic heterocycles. The van der Waals surface area contributed by atoms with Gasteiger partial charge < -0.3 is 5.73 Å². The molecular weight excluding hydrogens is 134 g/mol. The lowest BCUT2D eigenvalue weighted by molar-refractivity contribution is 0.153. The topological polar surface area (TPSA) is 26.0 Å². The Morgan fingerprint density at radius 2 is 1.64 bits per heavy atom. The third-order valence-electron chi connectivity index (χ3n) is 2.93. The van der Waals surface area contributed by atoms with Crippen molar-refractivity contribution in [3.8, 4) is 0 Å². The summed E-state index contributed by atoms with van der Waals surface area (Å²) in [6.07, 6.45) is 5.30. The maximum atomic E-state index is 6.07. The van der Waals surface area contributed by atoms with E-state index in [4.69, 9.17) is 5.73 Å². The molecule has 0 amide bonds. The standard InChI is InChI=1S/C10H21N/c1-10(2,3)8-6-4-5-7-9(8)11/h8-9H,4-7,11H2,1-3H3. The first kappa shape index (κ1) is 9.05. The second kappa shape index (κ2) is 3.14. The summed E-state index contributed by atoms with van der Waals surface area (Å²) in [4.78, 5) is 0. The van der Waals surface area contributed by atoms with Crippen LogP contribution in [0, 0.1) is 11.3 Å². The highest BCUT2D eigenvalue weighted by atomic mass is 14.7. The van der Waals surface area contributed by atoms with E-state index in [0.717, 1.165) is 5.92 Å². The van der Waals surface area contributed by atoms with E-state index in [1.54, 1.807) is 0 Å². The maximum absolute atomic E-state index is 6.07. The quantitative estimate of drug-likeness (QED) is 0.571. The Bertz CT molecular complexity index is 123. The van der Waals surface area contributed by atoms with Gasteiger partial charge >= 0.3 is 0 Å². The Morgan fingerprint density at radius 3 is 2.00 bits per heavy atom. The predicted molar refractivity (Wildman–Crippen MR) is 49.4 cm³/mol. The highest BCUT2D eigenvalue weighted by molar-refractivity contribution is 4.85. The lowest BCUT2D eigenvalue weighted by atomic mass is 9.70. The summed E-state index contributed by atoms with van der Waals surface area (Å²) in [6, 6.07) is 0.462. The van der Waals surface area contributed by atoms with E-state index in [-0.39, 0.29) is 0 Å². The molecule has 0 spiro atoms. The molecule has 0 aromatic rings. The zero-order valence-electron chi connectivity index (χ0n) is 8.06. The second-order valence-electron chi connectivity index (χ2n) is 4.92. The second-order valence-corrected chi connectivity index (χ2v) is 4.92. The molecule has 2 atom stereocenters. The monoisotopic (exact) mass is 155 g/mol. The molecule has 0 aliphatic heterocycles. The molecule has 66 valence electrons. The molecule has 1 heteroatoms. The fraction of sp³-hybridized carbons (Fsp3) is 1.00. The van der Waals surface area contributed by atoms with E-state index in [1.165, 1.54) is 25.7 Å². The van der Waals surface area contributed by atoms with Crippen molar-refractivity contribution in [3.63, 3.8) is 0 Å². The van der Waals surface area contributed by atoms with Crippen LogP contribution in [0.4, 0.5) is 0 Å². The average molecular weight is 155 g/mol. The van der Waals surface area contributed by atoms with Crippen LogP contribution < -0.4 is 5.73 Å². The van der Waals surface area contributed by atoms with Gasteiger partial charge in [-0.2, -0.15) is 0 Å². The Morgan fingerprint density at radius 1 is 1.09 bits per heavy atom. The third-order valence-corrected chi connectivity index (χ3v) is 2.93. The summed E-state index contributed by atoms with van der Waals surface area (Å²) >= 11 is 0. The van der Waals surface area contributed by atoms with E-state index >= 15 is 0 Å². The van der Waals surface area contributed by atoms with Crippen LogP contribution in [0.2, 0.25) is 0 Å². The zero-order chi connectivity index (χ0) is 8.48. The van der Waals surface area contributed by atoms with Gasteiger partial charge in [0.05, 0.1) is 0 Å². The lowest BCUT2D eigenvalue weighted by Gasteiger charge is -2.38. The molecule has 1 rings (SSSR count). The van der Waals surface area contributed by atoms with E-state index in [9.17, 15) is 0 Å². The molecule has 0 heterocycles. The Kier molecular flexibility index (Phi) is 2.58. The van der Waals surface area contributed by atoms with E-state index in [1.807, 2.05) is 0 Å². The summed E-state index contributed by atoms with van der Waals surface area (Å²) in [7, 11) is 0. The van der Waals surface area contributed by atoms with Crippen LogP contribution in [0.25, 0.3) is 0 Å². The Labute approximate surface area is 70.4 Å². The summed E-state index contributed by atoms with van der Waals surface area (Å²) in [6.45, 7) is 6.93. The molecule has 1 saturated carbocycles. The molecule has 0 aromatic carbocycles. The first-order valence-corrected chi connectivity index (χ1v) is 4.77. The lowest BCUT2D eigenvalue weighted by Crippen LogP contribution is -2.40. The van der Waals surface area contributed by atoms with Gasteiger partial charge in [-0.3, -0.25) is 0 Å². The highest BCUT2D eigenvalue weighted by Gasteiger charge is 2.31. The molecular formula is C10H21N. The van der Waals surface area contributed by atoms with E-state index in [2.05, 4.69) is 20.8 Å². The molecule has 0 saturated heterocycles. The Balaban J connectivity index is 2.55. The number of rotatable bonds is 0. The van der Waals surface area contributed by atoms with Crippen LogP contribution in [0.15, 0.2) is 0 Å². The van der Waals surface area contributed by atoms with Gasteiger partial charge in [0.15, 0.2) is 0 Å². The third kappa shape index (κ3) is 2.19. The SMILES string of the molecule is CC(C)(C)C1CCCCC1N. The van der Waals surface area contributed by atoms with Crippen molar-refractivity contribution < 1.29 is 0 Å². The van der Waals surface area contributed by atoms with Crippen LogP contribution >= 0.6 is 0 Å². The molecule has 0 radical (unpaired) electrons. The van der Waals surface area contributed by atoms with Gasteiger partial charge in [-0.25, -0.2) is 0 Å². The van der Waals surface area contributed by atoms with E-state index < -0.39 is 0 Å². The van der Waals surface area contributed by atoms with Crippen LogP contribution in [0.5, 0.6) is 0 Å². The average Bonchev–Trinajstić information content (AvgIpc) is 1.86. The molecule has 11 heavy (non-hydrogen) atoms. The zero-order valence-corrected chi connectivity index (χ0v) is 8.06. The number of nitrogens with two attached hydrogens (primary N) is 1. The molecule has 1 aliphatic rings. The molecule has 2 N–H and O–H groups in total. The van der Waals surface area contributed by atoms with Gasteiger partial charge in [0.25, 0.3) is 0 Å². The van der Waals surface area contributed by atoms with Gasteiger partial charge in [0.2, 0.25) is 0 Å². The Hall–Kier alpha value is -0.0400. The summed E-state index contributed by atoms with van der Waals surface area (Å²) < 4.78 is 0. The van der Waals surface area contributed by atoms with E-state index in [0.29, 0.717) is 11.5 Å². The molecule has 1 fully saturated rings. The minimum atomic E-state index is 0.417. The fourth-order valence-electron chi connectivity index (χ4n) is 2.23. The van der Waals surface area contributed by atoms with Crippen molar-refractivity contribution in [1.82, 2.24) is 0 Å². The minimum Gasteiger partial charge on any atom is -0.327 e. The van der Waals surface area contributed by atoms with Gasteiger partial charge in [0.1, 0.15) is 0 Å². The molecule has 2 unspecified atom stereocenters. The van der Waals surface area contributed by atoms with Crippen molar-refractivity contribution in [2.75, 3.05) is 0 Å². The fourth-order valence-corrected chi connectivity index (χ4v) is 2.23. The largest absolute Gasteiger partial charge is 0.327 e. The smallest absolute Gasteiger partial charge is 0.00721 e.